The Balaban J connectivity index is 3.02. The molecule has 16 heavy (non-hydrogen) atoms. The molecule has 0 saturated carbocycles. The molecule has 1 heteroatoms. The lowest BCUT2D eigenvalue weighted by molar-refractivity contribution is 0.270. The van der Waals surface area contributed by atoms with Gasteiger partial charge in [0.15, 0.2) is 0 Å². The molecule has 0 aromatic heterocycles. The van der Waals surface area contributed by atoms with Crippen molar-refractivity contribution < 1.29 is 4.74 Å². The SMILES string of the molecule is CCCCCCCCCC#COCCCC. The zero-order chi connectivity index (χ0) is 11.9. The first-order valence-electron chi connectivity index (χ1n) is 7.01. The van der Waals surface area contributed by atoms with Crippen LogP contribution in [0.1, 0.15) is 78.1 Å². The molecule has 0 aromatic carbocycles. The van der Waals surface area contributed by atoms with Crippen LogP contribution in [0.25, 0.3) is 0 Å². The third kappa shape index (κ3) is 13.4. The maximum atomic E-state index is 5.17. The van der Waals surface area contributed by atoms with Crippen LogP contribution < -0.4 is 0 Å². The van der Waals surface area contributed by atoms with Gasteiger partial charge >= 0.3 is 0 Å². The summed E-state index contributed by atoms with van der Waals surface area (Å²) < 4.78 is 5.17. The van der Waals surface area contributed by atoms with Gasteiger partial charge in [-0.3, -0.25) is 0 Å². The van der Waals surface area contributed by atoms with Crippen LogP contribution in [0.5, 0.6) is 0 Å². The van der Waals surface area contributed by atoms with Gasteiger partial charge in [0.05, 0.1) is 0 Å². The molecule has 0 aromatic rings. The fourth-order valence-corrected chi connectivity index (χ4v) is 1.54. The topological polar surface area (TPSA) is 9.23 Å². The van der Waals surface area contributed by atoms with Crippen molar-refractivity contribution in [2.75, 3.05) is 6.61 Å². The number of rotatable bonds is 10. The lowest BCUT2D eigenvalue weighted by Crippen LogP contribution is -1.85. The third-order valence-corrected chi connectivity index (χ3v) is 2.65. The van der Waals surface area contributed by atoms with Gasteiger partial charge in [-0.2, -0.15) is 0 Å². The van der Waals surface area contributed by atoms with E-state index in [-0.39, 0.29) is 0 Å². The molecule has 0 spiro atoms. The van der Waals surface area contributed by atoms with E-state index in [9.17, 15) is 0 Å². The van der Waals surface area contributed by atoms with E-state index in [1.807, 2.05) is 0 Å². The van der Waals surface area contributed by atoms with Crippen molar-refractivity contribution in [1.82, 2.24) is 0 Å². The molecule has 0 amide bonds. The van der Waals surface area contributed by atoms with Crippen molar-refractivity contribution in [3.05, 3.63) is 0 Å². The lowest BCUT2D eigenvalue weighted by Gasteiger charge is -1.98. The molecule has 0 bridgehead atoms. The van der Waals surface area contributed by atoms with Crippen molar-refractivity contribution in [3.63, 3.8) is 0 Å². The minimum absolute atomic E-state index is 0.792. The Kier molecular flexibility index (Phi) is 13.8. The zero-order valence-corrected chi connectivity index (χ0v) is 11.2. The average Bonchev–Trinajstić information content (AvgIpc) is 2.31. The highest BCUT2D eigenvalue weighted by Crippen LogP contribution is 2.07. The van der Waals surface area contributed by atoms with E-state index in [4.69, 9.17) is 4.74 Å². The van der Waals surface area contributed by atoms with Crippen LogP contribution in [0.3, 0.4) is 0 Å². The van der Waals surface area contributed by atoms with E-state index in [0.29, 0.717) is 0 Å². The Morgan fingerprint density at radius 2 is 1.38 bits per heavy atom. The summed E-state index contributed by atoms with van der Waals surface area (Å²) in [7, 11) is 0. The van der Waals surface area contributed by atoms with Gasteiger partial charge < -0.3 is 4.74 Å². The van der Waals surface area contributed by atoms with Gasteiger partial charge in [-0.15, -0.1) is 0 Å². The molecular weight excluding hydrogens is 196 g/mol. The van der Waals surface area contributed by atoms with Gasteiger partial charge in [-0.1, -0.05) is 64.7 Å². The summed E-state index contributed by atoms with van der Waals surface area (Å²) in [6, 6.07) is 0. The predicted molar refractivity (Wildman–Crippen MR) is 71.2 cm³/mol. The van der Waals surface area contributed by atoms with Crippen LogP contribution in [0.4, 0.5) is 0 Å². The van der Waals surface area contributed by atoms with Gasteiger partial charge in [-0.25, -0.2) is 0 Å². The van der Waals surface area contributed by atoms with Gasteiger partial charge in [0.2, 0.25) is 0 Å². The van der Waals surface area contributed by atoms with E-state index in [1.165, 1.54) is 51.4 Å². The van der Waals surface area contributed by atoms with E-state index in [1.54, 1.807) is 0 Å². The summed E-state index contributed by atoms with van der Waals surface area (Å²) in [5, 5.41) is 0. The van der Waals surface area contributed by atoms with E-state index >= 15 is 0 Å². The maximum Gasteiger partial charge on any atom is 0.110 e. The van der Waals surface area contributed by atoms with Crippen LogP contribution in [-0.4, -0.2) is 6.61 Å². The van der Waals surface area contributed by atoms with Crippen molar-refractivity contribution in [2.45, 2.75) is 78.1 Å². The highest BCUT2D eigenvalue weighted by atomic mass is 16.5. The molecule has 0 radical (unpaired) electrons. The standard InChI is InChI=1S/C15H28O/c1-3-5-7-8-9-10-11-12-13-15-16-14-6-4-2/h3-12,14H2,1-2H3. The Hall–Kier alpha value is -0.640. The summed E-state index contributed by atoms with van der Waals surface area (Å²) in [4.78, 5) is 0. The third-order valence-electron chi connectivity index (χ3n) is 2.65. The van der Waals surface area contributed by atoms with Crippen LogP contribution in [0.15, 0.2) is 0 Å². The monoisotopic (exact) mass is 224 g/mol. The molecule has 94 valence electrons. The molecule has 0 aliphatic carbocycles. The smallest absolute Gasteiger partial charge is 0.110 e. The molecule has 1 nitrogen and oxygen atoms in total. The molecule has 0 heterocycles. The summed E-state index contributed by atoms with van der Waals surface area (Å²) in [5.41, 5.74) is 0. The number of hydrogen-bond acceptors (Lipinski definition) is 1. The minimum Gasteiger partial charge on any atom is -0.447 e. The molecule has 0 saturated heterocycles. The van der Waals surface area contributed by atoms with E-state index < -0.39 is 0 Å². The quantitative estimate of drug-likeness (QED) is 0.378. The molecule has 0 aliphatic heterocycles. The lowest BCUT2D eigenvalue weighted by atomic mass is 10.1. The number of ether oxygens (including phenoxy) is 1. The minimum atomic E-state index is 0.792. The molecule has 0 unspecified atom stereocenters. The highest BCUT2D eigenvalue weighted by molar-refractivity contribution is 4.90. The summed E-state index contributed by atoms with van der Waals surface area (Å²) in [5.74, 6) is 3.07. The molecular formula is C15H28O. The van der Waals surface area contributed by atoms with Crippen LogP contribution in [-0.2, 0) is 4.74 Å². The van der Waals surface area contributed by atoms with Crippen LogP contribution in [0, 0.1) is 12.0 Å². The first-order valence-corrected chi connectivity index (χ1v) is 7.01. The Morgan fingerprint density at radius 3 is 2.06 bits per heavy atom. The van der Waals surface area contributed by atoms with E-state index in [2.05, 4.69) is 25.9 Å². The molecule has 0 rings (SSSR count). The van der Waals surface area contributed by atoms with E-state index in [0.717, 1.165) is 19.4 Å². The number of unbranched alkanes of at least 4 members (excludes halogenated alkanes) is 8. The second-order valence-electron chi connectivity index (χ2n) is 4.35. The summed E-state index contributed by atoms with van der Waals surface area (Å²) in [6.07, 6.45) is 15.5. The zero-order valence-electron chi connectivity index (χ0n) is 11.2. The fourth-order valence-electron chi connectivity index (χ4n) is 1.54. The number of hydrogen-bond donors (Lipinski definition) is 0. The summed E-state index contributed by atoms with van der Waals surface area (Å²) >= 11 is 0. The van der Waals surface area contributed by atoms with Crippen molar-refractivity contribution in [1.29, 1.82) is 0 Å². The molecule has 0 atom stereocenters. The van der Waals surface area contributed by atoms with Gasteiger partial charge in [-0.05, 0) is 12.8 Å². The molecule has 0 aliphatic rings. The average molecular weight is 224 g/mol. The Bertz CT molecular complexity index is 176. The first kappa shape index (κ1) is 15.4. The van der Waals surface area contributed by atoms with Crippen molar-refractivity contribution in [2.24, 2.45) is 0 Å². The second-order valence-corrected chi connectivity index (χ2v) is 4.35. The van der Waals surface area contributed by atoms with Crippen LogP contribution >= 0.6 is 0 Å². The van der Waals surface area contributed by atoms with Gasteiger partial charge in [0.25, 0.3) is 0 Å². The fraction of sp³-hybridized carbons (Fsp3) is 0.867. The Labute approximate surface area is 102 Å². The first-order chi connectivity index (χ1) is 7.91. The Morgan fingerprint density at radius 1 is 0.750 bits per heavy atom. The predicted octanol–water partition coefficient (Wildman–Crippen LogP) is 4.90. The van der Waals surface area contributed by atoms with Gasteiger partial charge in [0.1, 0.15) is 12.7 Å². The largest absolute Gasteiger partial charge is 0.447 e. The van der Waals surface area contributed by atoms with Crippen LogP contribution in [0.2, 0.25) is 0 Å². The van der Waals surface area contributed by atoms with Gasteiger partial charge in [0, 0.05) is 6.42 Å². The van der Waals surface area contributed by atoms with Crippen molar-refractivity contribution in [3.8, 4) is 12.0 Å². The normalized spacial score (nSPS) is 9.62. The summed E-state index contributed by atoms with van der Waals surface area (Å²) in [6.45, 7) is 5.21. The molecule has 0 N–H and O–H groups in total. The molecule has 0 fully saturated rings. The second kappa shape index (κ2) is 14.4. The highest BCUT2D eigenvalue weighted by Gasteiger charge is 1.89. The van der Waals surface area contributed by atoms with Crippen molar-refractivity contribution >= 4 is 0 Å². The maximum absolute atomic E-state index is 5.17.